The minimum absolute atomic E-state index is 0.0551. The second-order valence-corrected chi connectivity index (χ2v) is 11.8. The van der Waals surface area contributed by atoms with E-state index in [4.69, 9.17) is 9.47 Å². The van der Waals surface area contributed by atoms with Crippen molar-refractivity contribution in [2.75, 3.05) is 31.1 Å². The number of sulfonamides is 1. The second-order valence-electron chi connectivity index (χ2n) is 9.95. The van der Waals surface area contributed by atoms with Crippen molar-refractivity contribution in [2.45, 2.75) is 58.0 Å². The number of rotatable bonds is 15. The Morgan fingerprint density at radius 3 is 2.26 bits per heavy atom. The highest BCUT2D eigenvalue weighted by Gasteiger charge is 2.32. The Morgan fingerprint density at radius 2 is 1.64 bits per heavy atom. The lowest BCUT2D eigenvalue weighted by molar-refractivity contribution is -0.139. The maximum Gasteiger partial charge on any atom is 0.264 e. The third kappa shape index (κ3) is 8.48. The summed E-state index contributed by atoms with van der Waals surface area (Å²) in [5, 5.41) is 2.89. The molecule has 3 aromatic rings. The van der Waals surface area contributed by atoms with E-state index in [-0.39, 0.29) is 17.3 Å². The lowest BCUT2D eigenvalue weighted by atomic mass is 10.1. The molecule has 0 bridgehead atoms. The van der Waals surface area contributed by atoms with Gasteiger partial charge < -0.3 is 19.7 Å². The van der Waals surface area contributed by atoms with E-state index >= 15 is 0 Å². The first-order valence-corrected chi connectivity index (χ1v) is 15.6. The summed E-state index contributed by atoms with van der Waals surface area (Å²) >= 11 is 0. The molecule has 0 aliphatic rings. The van der Waals surface area contributed by atoms with E-state index in [1.807, 2.05) is 26.8 Å². The number of unbranched alkanes of at least 4 members (excludes halogenated alkanes) is 1. The van der Waals surface area contributed by atoms with Gasteiger partial charge in [0.1, 0.15) is 24.1 Å². The lowest BCUT2D eigenvalue weighted by Gasteiger charge is -2.32. The molecule has 226 valence electrons. The molecule has 1 N–H and O–H groups in total. The number of nitrogens with one attached hydrogen (secondary N) is 1. The number of amides is 2. The molecule has 0 spiro atoms. The van der Waals surface area contributed by atoms with Crippen molar-refractivity contribution in [1.29, 1.82) is 0 Å². The molecule has 0 fully saturated rings. The lowest BCUT2D eigenvalue weighted by Crippen LogP contribution is -2.51. The summed E-state index contributed by atoms with van der Waals surface area (Å²) in [6, 6.07) is 19.4. The molecule has 3 rings (SSSR count). The monoisotopic (exact) mass is 595 g/mol. The van der Waals surface area contributed by atoms with Crippen LogP contribution in [-0.4, -0.2) is 58.0 Å². The maximum absolute atomic E-state index is 14.0. The topological polar surface area (TPSA) is 105 Å². The van der Waals surface area contributed by atoms with Crippen LogP contribution in [0.5, 0.6) is 11.5 Å². The van der Waals surface area contributed by atoms with Crippen LogP contribution < -0.4 is 19.1 Å². The number of ether oxygens (including phenoxy) is 2. The van der Waals surface area contributed by atoms with Gasteiger partial charge in [0.2, 0.25) is 11.8 Å². The first kappa shape index (κ1) is 32.5. The van der Waals surface area contributed by atoms with Gasteiger partial charge in [0, 0.05) is 13.1 Å². The normalized spacial score (nSPS) is 11.8. The fourth-order valence-corrected chi connectivity index (χ4v) is 5.74. The quantitative estimate of drug-likeness (QED) is 0.250. The van der Waals surface area contributed by atoms with Gasteiger partial charge in [-0.25, -0.2) is 8.42 Å². The molecule has 0 aliphatic carbocycles. The number of methoxy groups -OCH3 is 1. The molecule has 0 aliphatic heterocycles. The first-order valence-electron chi connectivity index (χ1n) is 14.1. The van der Waals surface area contributed by atoms with Crippen molar-refractivity contribution in [3.8, 4) is 11.5 Å². The molecule has 0 saturated heterocycles. The third-order valence-corrected chi connectivity index (χ3v) is 8.60. The molecule has 1 atom stereocenters. The zero-order valence-corrected chi connectivity index (χ0v) is 25.8. The number of anilines is 1. The van der Waals surface area contributed by atoms with E-state index < -0.39 is 28.5 Å². The molecule has 42 heavy (non-hydrogen) atoms. The summed E-state index contributed by atoms with van der Waals surface area (Å²) in [5.74, 6) is 0.351. The summed E-state index contributed by atoms with van der Waals surface area (Å²) < 4.78 is 39.9. The van der Waals surface area contributed by atoms with Crippen LogP contribution in [0.2, 0.25) is 0 Å². The highest BCUT2D eigenvalue weighted by atomic mass is 32.2. The maximum atomic E-state index is 14.0. The number of hydrogen-bond donors (Lipinski definition) is 1. The number of nitrogens with zero attached hydrogens (tertiary/aromatic N) is 2. The van der Waals surface area contributed by atoms with Gasteiger partial charge in [-0.1, -0.05) is 43.2 Å². The van der Waals surface area contributed by atoms with Crippen molar-refractivity contribution in [3.63, 3.8) is 0 Å². The molecule has 0 saturated carbocycles. The van der Waals surface area contributed by atoms with E-state index in [0.717, 1.165) is 28.3 Å². The number of carbonyl (C=O) groups is 2. The minimum Gasteiger partial charge on any atom is -0.497 e. The van der Waals surface area contributed by atoms with Gasteiger partial charge in [0.25, 0.3) is 10.0 Å². The molecule has 0 unspecified atom stereocenters. The van der Waals surface area contributed by atoms with Crippen LogP contribution in [0.1, 0.15) is 44.7 Å². The molecule has 10 heteroatoms. The van der Waals surface area contributed by atoms with Crippen LogP contribution in [-0.2, 0) is 26.2 Å². The van der Waals surface area contributed by atoms with Crippen LogP contribution >= 0.6 is 0 Å². The smallest absolute Gasteiger partial charge is 0.264 e. The average molecular weight is 596 g/mol. The van der Waals surface area contributed by atoms with E-state index in [9.17, 15) is 18.0 Å². The van der Waals surface area contributed by atoms with Crippen molar-refractivity contribution in [1.82, 2.24) is 10.2 Å². The van der Waals surface area contributed by atoms with Crippen molar-refractivity contribution < 1.29 is 27.5 Å². The predicted molar refractivity (Wildman–Crippen MR) is 164 cm³/mol. The standard InChI is InChI=1S/C32H41N3O6S/c1-6-8-20-33-32(37)25(4)34(22-26-10-9-11-29(21-26)40-5)31(36)23-35(27-14-16-28(17-15-27)41-7-2)42(38,39)30-18-12-24(3)13-19-30/h9-19,21,25H,6-8,20,22-23H2,1-5H3,(H,33,37)/t25-/m1/s1. The fraction of sp³-hybridized carbons (Fsp3) is 0.375. The van der Waals surface area contributed by atoms with Crippen LogP contribution in [0.4, 0.5) is 5.69 Å². The van der Waals surface area contributed by atoms with Crippen LogP contribution in [0, 0.1) is 6.92 Å². The Bertz CT molecular complexity index is 1430. The van der Waals surface area contributed by atoms with Gasteiger partial charge in [-0.3, -0.25) is 13.9 Å². The van der Waals surface area contributed by atoms with E-state index in [1.54, 1.807) is 68.6 Å². The molecule has 2 amide bonds. The predicted octanol–water partition coefficient (Wildman–Crippen LogP) is 4.93. The molecule has 3 aromatic carbocycles. The molecular formula is C32H41N3O6S. The third-order valence-electron chi connectivity index (χ3n) is 6.81. The number of carbonyl (C=O) groups excluding carboxylic acids is 2. The van der Waals surface area contributed by atoms with E-state index in [0.29, 0.717) is 30.3 Å². The number of aryl methyl sites for hydroxylation is 1. The molecule has 0 radical (unpaired) electrons. The largest absolute Gasteiger partial charge is 0.497 e. The zero-order chi connectivity index (χ0) is 30.7. The number of hydrogen-bond acceptors (Lipinski definition) is 6. The van der Waals surface area contributed by atoms with Crippen LogP contribution in [0.15, 0.2) is 77.7 Å². The average Bonchev–Trinajstić information content (AvgIpc) is 2.99. The Balaban J connectivity index is 2.01. The Kier molecular flexibility index (Phi) is 11.8. The summed E-state index contributed by atoms with van der Waals surface area (Å²) in [6.45, 7) is 7.92. The highest BCUT2D eigenvalue weighted by molar-refractivity contribution is 7.92. The van der Waals surface area contributed by atoms with Gasteiger partial charge in [-0.05, 0) is 81.3 Å². The van der Waals surface area contributed by atoms with Gasteiger partial charge in [0.05, 0.1) is 24.3 Å². The van der Waals surface area contributed by atoms with Gasteiger partial charge >= 0.3 is 0 Å². The van der Waals surface area contributed by atoms with Gasteiger partial charge in [-0.2, -0.15) is 0 Å². The summed E-state index contributed by atoms with van der Waals surface area (Å²) in [4.78, 5) is 28.6. The molecule has 9 nitrogen and oxygen atoms in total. The van der Waals surface area contributed by atoms with Gasteiger partial charge in [-0.15, -0.1) is 0 Å². The van der Waals surface area contributed by atoms with E-state index in [2.05, 4.69) is 5.32 Å². The molecule has 0 heterocycles. The van der Waals surface area contributed by atoms with Crippen molar-refractivity contribution >= 4 is 27.5 Å². The molecule has 0 aromatic heterocycles. The van der Waals surface area contributed by atoms with Gasteiger partial charge in [0.15, 0.2) is 0 Å². The van der Waals surface area contributed by atoms with Crippen molar-refractivity contribution in [2.24, 2.45) is 0 Å². The fourth-order valence-electron chi connectivity index (χ4n) is 4.33. The Hall–Kier alpha value is -4.05. The Morgan fingerprint density at radius 1 is 0.952 bits per heavy atom. The Labute approximate surface area is 249 Å². The minimum atomic E-state index is -4.15. The number of benzene rings is 3. The summed E-state index contributed by atoms with van der Waals surface area (Å²) in [7, 11) is -2.60. The van der Waals surface area contributed by atoms with E-state index in [1.165, 1.54) is 17.0 Å². The molecular weight excluding hydrogens is 554 g/mol. The second kappa shape index (κ2) is 15.3. The highest BCUT2D eigenvalue weighted by Crippen LogP contribution is 2.27. The van der Waals surface area contributed by atoms with Crippen LogP contribution in [0.3, 0.4) is 0 Å². The summed E-state index contributed by atoms with van der Waals surface area (Å²) in [6.07, 6.45) is 1.72. The van der Waals surface area contributed by atoms with Crippen molar-refractivity contribution in [3.05, 3.63) is 83.9 Å². The van der Waals surface area contributed by atoms with Crippen LogP contribution in [0.25, 0.3) is 0 Å². The zero-order valence-electron chi connectivity index (χ0n) is 25.0. The first-order chi connectivity index (χ1) is 20.1. The summed E-state index contributed by atoms with van der Waals surface area (Å²) in [5.41, 5.74) is 1.95. The SMILES string of the molecule is CCCCNC(=O)[C@@H](C)N(Cc1cccc(OC)c1)C(=O)CN(c1ccc(OCC)cc1)S(=O)(=O)c1ccc(C)cc1.